The molecule has 2 nitrogen and oxygen atoms in total. The number of rotatable bonds is 8. The van der Waals surface area contributed by atoms with E-state index in [-0.39, 0.29) is 0 Å². The summed E-state index contributed by atoms with van der Waals surface area (Å²) in [6, 6.07) is 0. The van der Waals surface area contributed by atoms with Crippen molar-refractivity contribution in [2.75, 3.05) is 13.4 Å². The zero-order chi connectivity index (χ0) is 10.8. The lowest BCUT2D eigenvalue weighted by atomic mass is 10.0. The highest BCUT2D eigenvalue weighted by atomic mass is 16.7. The lowest BCUT2D eigenvalue weighted by Gasteiger charge is -2.22. The minimum Gasteiger partial charge on any atom is -0.355 e. The maximum Gasteiger partial charge on any atom is 0.147 e. The van der Waals surface area contributed by atoms with E-state index in [2.05, 4.69) is 6.92 Å². The third-order valence-corrected chi connectivity index (χ3v) is 3.10. The van der Waals surface area contributed by atoms with Gasteiger partial charge in [0.05, 0.1) is 12.7 Å². The first-order chi connectivity index (χ1) is 7.43. The number of ether oxygens (including phenoxy) is 2. The van der Waals surface area contributed by atoms with E-state index in [1.165, 1.54) is 51.4 Å². The van der Waals surface area contributed by atoms with Gasteiger partial charge in [-0.05, 0) is 12.8 Å². The first kappa shape index (κ1) is 13.0. The van der Waals surface area contributed by atoms with Crippen LogP contribution in [0.5, 0.6) is 0 Å². The lowest BCUT2D eigenvalue weighted by Crippen LogP contribution is -2.23. The van der Waals surface area contributed by atoms with E-state index < -0.39 is 0 Å². The molecule has 2 heteroatoms. The van der Waals surface area contributed by atoms with Crippen molar-refractivity contribution in [3.05, 3.63) is 0 Å². The number of hydrogen-bond donors (Lipinski definition) is 0. The van der Waals surface area contributed by atoms with Crippen LogP contribution in [-0.4, -0.2) is 19.5 Å². The van der Waals surface area contributed by atoms with Crippen LogP contribution in [0.3, 0.4) is 0 Å². The molecule has 1 fully saturated rings. The fourth-order valence-electron chi connectivity index (χ4n) is 2.06. The molecule has 0 aromatic heterocycles. The molecule has 15 heavy (non-hydrogen) atoms. The largest absolute Gasteiger partial charge is 0.355 e. The third-order valence-electron chi connectivity index (χ3n) is 3.10. The van der Waals surface area contributed by atoms with E-state index in [1.54, 1.807) is 0 Å². The average Bonchev–Trinajstić information content (AvgIpc) is 2.29. The molecular weight excluding hydrogens is 188 g/mol. The summed E-state index contributed by atoms with van der Waals surface area (Å²) in [5, 5.41) is 0. The fourth-order valence-corrected chi connectivity index (χ4v) is 2.06. The molecule has 0 radical (unpaired) electrons. The summed E-state index contributed by atoms with van der Waals surface area (Å²) in [6.07, 6.45) is 12.5. The first-order valence-corrected chi connectivity index (χ1v) is 6.63. The Balaban J connectivity index is 1.79. The summed E-state index contributed by atoms with van der Waals surface area (Å²) in [5.74, 6) is 0. The van der Waals surface area contributed by atoms with Crippen LogP contribution in [0.1, 0.15) is 64.7 Å². The van der Waals surface area contributed by atoms with Crippen molar-refractivity contribution in [2.24, 2.45) is 0 Å². The molecule has 0 spiro atoms. The summed E-state index contributed by atoms with van der Waals surface area (Å²) in [6.45, 7) is 3.67. The van der Waals surface area contributed by atoms with E-state index in [0.29, 0.717) is 12.9 Å². The Morgan fingerprint density at radius 3 is 2.40 bits per heavy atom. The van der Waals surface area contributed by atoms with Crippen molar-refractivity contribution in [3.63, 3.8) is 0 Å². The van der Waals surface area contributed by atoms with E-state index in [4.69, 9.17) is 9.47 Å². The van der Waals surface area contributed by atoms with Gasteiger partial charge in [0, 0.05) is 0 Å². The number of unbranched alkanes of at least 4 members (excludes halogenated alkanes) is 6. The van der Waals surface area contributed by atoms with Gasteiger partial charge in [-0.25, -0.2) is 0 Å². The minimum atomic E-state index is 0.481. The van der Waals surface area contributed by atoms with Gasteiger partial charge in [0.15, 0.2) is 0 Å². The van der Waals surface area contributed by atoms with Crippen LogP contribution in [0.15, 0.2) is 0 Å². The van der Waals surface area contributed by atoms with Crippen LogP contribution in [0.25, 0.3) is 0 Å². The van der Waals surface area contributed by atoms with Crippen molar-refractivity contribution in [3.8, 4) is 0 Å². The molecule has 0 amide bonds. The first-order valence-electron chi connectivity index (χ1n) is 6.63. The Labute approximate surface area is 94.3 Å². The molecule has 0 aliphatic carbocycles. The highest BCUT2D eigenvalue weighted by Gasteiger charge is 2.12. The molecule has 1 rings (SSSR count). The summed E-state index contributed by atoms with van der Waals surface area (Å²) >= 11 is 0. The highest BCUT2D eigenvalue weighted by molar-refractivity contribution is 4.60. The molecule has 1 unspecified atom stereocenters. The second kappa shape index (κ2) is 9.17. The van der Waals surface area contributed by atoms with Gasteiger partial charge in [-0.15, -0.1) is 0 Å². The highest BCUT2D eigenvalue weighted by Crippen LogP contribution is 2.15. The summed E-state index contributed by atoms with van der Waals surface area (Å²) in [5.41, 5.74) is 0. The van der Waals surface area contributed by atoms with Crippen molar-refractivity contribution in [1.82, 2.24) is 0 Å². The zero-order valence-electron chi connectivity index (χ0n) is 10.2. The Bertz CT molecular complexity index is 130. The molecule has 0 N–H and O–H groups in total. The molecule has 90 valence electrons. The van der Waals surface area contributed by atoms with Gasteiger partial charge in [-0.1, -0.05) is 51.9 Å². The van der Waals surface area contributed by atoms with E-state index in [9.17, 15) is 0 Å². The third kappa shape index (κ3) is 6.91. The molecule has 0 aromatic carbocycles. The molecule has 0 bridgehead atoms. The predicted molar refractivity (Wildman–Crippen MR) is 62.9 cm³/mol. The van der Waals surface area contributed by atoms with Gasteiger partial charge in [0.2, 0.25) is 0 Å². The van der Waals surface area contributed by atoms with Gasteiger partial charge in [-0.2, -0.15) is 0 Å². The summed E-state index contributed by atoms with van der Waals surface area (Å²) in [7, 11) is 0. The molecule has 0 aromatic rings. The standard InChI is InChI=1S/C13H26O2/c1-2-3-4-5-6-7-8-9-13-10-11-14-12-15-13/h13H,2-12H2,1H3. The predicted octanol–water partition coefficient (Wildman–Crippen LogP) is 3.89. The van der Waals surface area contributed by atoms with Gasteiger partial charge in [0.25, 0.3) is 0 Å². The molecule has 1 aliphatic heterocycles. The topological polar surface area (TPSA) is 18.5 Å². The van der Waals surface area contributed by atoms with E-state index in [0.717, 1.165) is 13.0 Å². The monoisotopic (exact) mass is 214 g/mol. The molecule has 0 saturated carbocycles. The zero-order valence-corrected chi connectivity index (χ0v) is 10.2. The van der Waals surface area contributed by atoms with Gasteiger partial charge < -0.3 is 9.47 Å². The Hall–Kier alpha value is -0.0800. The van der Waals surface area contributed by atoms with Crippen LogP contribution in [0.4, 0.5) is 0 Å². The lowest BCUT2D eigenvalue weighted by molar-refractivity contribution is -0.140. The molecule has 1 atom stereocenters. The normalized spacial score (nSPS) is 21.8. The minimum absolute atomic E-state index is 0.481. The van der Waals surface area contributed by atoms with Crippen molar-refractivity contribution in [2.45, 2.75) is 70.8 Å². The van der Waals surface area contributed by atoms with Crippen LogP contribution >= 0.6 is 0 Å². The van der Waals surface area contributed by atoms with E-state index in [1.807, 2.05) is 0 Å². The molecule has 1 aliphatic rings. The van der Waals surface area contributed by atoms with Crippen molar-refractivity contribution in [1.29, 1.82) is 0 Å². The molecule has 1 saturated heterocycles. The maximum atomic E-state index is 5.50. The second-order valence-electron chi connectivity index (χ2n) is 4.51. The molecular formula is C13H26O2. The van der Waals surface area contributed by atoms with Crippen LogP contribution in [-0.2, 0) is 9.47 Å². The van der Waals surface area contributed by atoms with Crippen molar-refractivity contribution >= 4 is 0 Å². The van der Waals surface area contributed by atoms with Crippen molar-refractivity contribution < 1.29 is 9.47 Å². The fraction of sp³-hybridized carbons (Fsp3) is 1.00. The number of hydrogen-bond acceptors (Lipinski definition) is 2. The quantitative estimate of drug-likeness (QED) is 0.571. The Morgan fingerprint density at radius 2 is 1.73 bits per heavy atom. The second-order valence-corrected chi connectivity index (χ2v) is 4.51. The Kier molecular flexibility index (Phi) is 7.94. The maximum absolute atomic E-state index is 5.50. The van der Waals surface area contributed by atoms with Gasteiger partial charge >= 0.3 is 0 Å². The molecule has 1 heterocycles. The average molecular weight is 214 g/mol. The van der Waals surface area contributed by atoms with Crippen LogP contribution in [0, 0.1) is 0 Å². The summed E-state index contributed by atoms with van der Waals surface area (Å²) < 4.78 is 10.7. The van der Waals surface area contributed by atoms with E-state index >= 15 is 0 Å². The van der Waals surface area contributed by atoms with Crippen LogP contribution in [0.2, 0.25) is 0 Å². The Morgan fingerprint density at radius 1 is 1.00 bits per heavy atom. The summed E-state index contributed by atoms with van der Waals surface area (Å²) in [4.78, 5) is 0. The smallest absolute Gasteiger partial charge is 0.147 e. The SMILES string of the molecule is CCCCCCCCCC1CCOCO1. The van der Waals surface area contributed by atoms with Gasteiger partial charge in [0.1, 0.15) is 6.79 Å². The van der Waals surface area contributed by atoms with Gasteiger partial charge in [-0.3, -0.25) is 0 Å². The van der Waals surface area contributed by atoms with Crippen LogP contribution < -0.4 is 0 Å².